The summed E-state index contributed by atoms with van der Waals surface area (Å²) in [7, 11) is 1.19. The van der Waals surface area contributed by atoms with E-state index in [0.29, 0.717) is 0 Å². The molecular formula is C11H13N5O6S2. The van der Waals surface area contributed by atoms with Crippen molar-refractivity contribution in [2.45, 2.75) is 12.5 Å². The summed E-state index contributed by atoms with van der Waals surface area (Å²) in [5.74, 6) is -1.36. The normalized spacial score (nSPS) is 17.1. The Morgan fingerprint density at radius 1 is 1.58 bits per heavy atom. The highest BCUT2D eigenvalue weighted by atomic mass is 32.1. The van der Waals surface area contributed by atoms with E-state index < -0.39 is 24.1 Å². The summed E-state index contributed by atoms with van der Waals surface area (Å²) >= 11 is 5.13. The average Bonchev–Trinajstić information content (AvgIpc) is 3.08. The number of methoxy groups -OCH3 is 1. The Kier molecular flexibility index (Phi) is 5.81. The smallest absolute Gasteiger partial charge is 0.389 e. The summed E-state index contributed by atoms with van der Waals surface area (Å²) in [6.45, 7) is 1.07. The van der Waals surface area contributed by atoms with Crippen molar-refractivity contribution in [1.29, 1.82) is 0 Å². The van der Waals surface area contributed by atoms with Crippen LogP contribution in [0.2, 0.25) is 0 Å². The molecule has 2 heterocycles. The molecule has 1 atom stereocenters. The van der Waals surface area contributed by atoms with Gasteiger partial charge in [-0.15, -0.1) is 29.1 Å². The van der Waals surface area contributed by atoms with Crippen LogP contribution in [0.25, 0.3) is 0 Å². The maximum absolute atomic E-state index is 12.3. The van der Waals surface area contributed by atoms with Crippen molar-refractivity contribution in [1.82, 2.24) is 10.2 Å². The molecule has 1 aliphatic heterocycles. The third-order valence-electron chi connectivity index (χ3n) is 2.40. The van der Waals surface area contributed by atoms with Gasteiger partial charge < -0.3 is 24.9 Å². The number of anilines is 1. The number of thiol groups is 1. The topological polar surface area (TPSA) is 138 Å². The van der Waals surface area contributed by atoms with Gasteiger partial charge in [-0.3, -0.25) is 0 Å². The van der Waals surface area contributed by atoms with Crippen molar-refractivity contribution < 1.29 is 28.7 Å². The number of nitrogens with two attached hydrogens (primary N) is 1. The van der Waals surface area contributed by atoms with E-state index in [4.69, 9.17) is 20.1 Å². The fourth-order valence-electron chi connectivity index (χ4n) is 1.40. The fourth-order valence-corrected chi connectivity index (χ4v) is 2.20. The van der Waals surface area contributed by atoms with Gasteiger partial charge in [0.05, 0.1) is 7.11 Å². The first-order chi connectivity index (χ1) is 11.4. The van der Waals surface area contributed by atoms with Crippen LogP contribution in [0.15, 0.2) is 15.6 Å². The van der Waals surface area contributed by atoms with Crippen molar-refractivity contribution in [3.8, 4) is 0 Å². The largest absolute Gasteiger partial charge is 0.466 e. The van der Waals surface area contributed by atoms with Crippen LogP contribution in [-0.2, 0) is 28.7 Å². The van der Waals surface area contributed by atoms with Gasteiger partial charge in [0.1, 0.15) is 5.69 Å². The minimum atomic E-state index is -0.953. The number of oxime groups is 1. The Bertz CT molecular complexity index is 690. The van der Waals surface area contributed by atoms with Crippen LogP contribution in [0.1, 0.15) is 12.6 Å². The molecule has 130 valence electrons. The second kappa shape index (κ2) is 7.83. The molecule has 1 aromatic rings. The van der Waals surface area contributed by atoms with Gasteiger partial charge in [0.2, 0.25) is 18.2 Å². The van der Waals surface area contributed by atoms with E-state index in [1.165, 1.54) is 12.5 Å². The van der Waals surface area contributed by atoms with Gasteiger partial charge >= 0.3 is 11.9 Å². The molecule has 1 unspecified atom stereocenters. The van der Waals surface area contributed by atoms with Gasteiger partial charge in [-0.05, 0) is 0 Å². The molecule has 1 aromatic heterocycles. The number of carbonyl (C=O) groups is 2. The Labute approximate surface area is 145 Å². The number of ether oxygens (including phenoxy) is 2. The van der Waals surface area contributed by atoms with Crippen molar-refractivity contribution in [2.75, 3.05) is 19.5 Å². The fraction of sp³-hybridized carbons (Fsp3) is 0.364. The standard InChI is InChI=1S/C11H13N5O6S2/c1-5-14-16(11(23)21-5)22-9(18)8(6-4-24-10(12)13-6)15-20-3-7(17)19-2/h4,11,23H,3H2,1-2H3,(H2,12,13)/b15-8-. The van der Waals surface area contributed by atoms with Crippen LogP contribution in [0, 0.1) is 0 Å². The highest BCUT2D eigenvalue weighted by molar-refractivity contribution is 7.80. The van der Waals surface area contributed by atoms with Crippen molar-refractivity contribution in [3.63, 3.8) is 0 Å². The SMILES string of the molecule is COC(=O)CO/N=C(\C(=O)ON1N=C(C)OC1S)c1csc(N)n1. The summed E-state index contributed by atoms with van der Waals surface area (Å²) in [6.07, 6.45) is 0. The zero-order valence-electron chi connectivity index (χ0n) is 12.5. The molecule has 2 N–H and O–H groups in total. The lowest BCUT2D eigenvalue weighted by Gasteiger charge is -2.15. The van der Waals surface area contributed by atoms with E-state index in [0.717, 1.165) is 16.5 Å². The number of hydrazone groups is 1. The number of nitrogens with zero attached hydrogens (tertiary/aromatic N) is 4. The molecule has 0 saturated heterocycles. The summed E-state index contributed by atoms with van der Waals surface area (Å²) in [5.41, 5.74) is 4.44. The molecule has 13 heteroatoms. The Morgan fingerprint density at radius 2 is 2.33 bits per heavy atom. The number of esters is 1. The second-order valence-corrected chi connectivity index (χ2v) is 5.44. The quantitative estimate of drug-likeness (QED) is 0.303. The number of hydroxylamine groups is 1. The molecular weight excluding hydrogens is 362 g/mol. The number of hydrogen-bond donors (Lipinski definition) is 2. The molecule has 0 spiro atoms. The molecule has 1 aliphatic rings. The zero-order valence-corrected chi connectivity index (χ0v) is 14.2. The summed E-state index contributed by atoms with van der Waals surface area (Å²) < 4.78 is 9.49. The van der Waals surface area contributed by atoms with E-state index in [1.54, 1.807) is 6.92 Å². The number of carbonyl (C=O) groups excluding carboxylic acids is 2. The molecule has 2 rings (SSSR count). The highest BCUT2D eigenvalue weighted by Gasteiger charge is 2.30. The maximum Gasteiger partial charge on any atom is 0.389 e. The lowest BCUT2D eigenvalue weighted by atomic mass is 10.3. The number of rotatable bonds is 6. The maximum atomic E-state index is 12.3. The van der Waals surface area contributed by atoms with Gasteiger partial charge in [-0.1, -0.05) is 10.3 Å². The molecule has 0 aliphatic carbocycles. The first kappa shape index (κ1) is 17.8. The molecule has 0 aromatic carbocycles. The number of thiazole rings is 1. The first-order valence-corrected chi connectivity index (χ1v) is 7.70. The minimum Gasteiger partial charge on any atom is -0.466 e. The predicted molar refractivity (Wildman–Crippen MR) is 85.9 cm³/mol. The van der Waals surface area contributed by atoms with Crippen LogP contribution >= 0.6 is 24.0 Å². The van der Waals surface area contributed by atoms with E-state index in [9.17, 15) is 9.59 Å². The van der Waals surface area contributed by atoms with Gasteiger partial charge in [0, 0.05) is 12.3 Å². The number of hydrogen-bond acceptors (Lipinski definition) is 13. The lowest BCUT2D eigenvalue weighted by Crippen LogP contribution is -2.31. The highest BCUT2D eigenvalue weighted by Crippen LogP contribution is 2.18. The average molecular weight is 375 g/mol. The molecule has 0 fully saturated rings. The van der Waals surface area contributed by atoms with Gasteiger partial charge in [0.15, 0.2) is 5.13 Å². The molecule has 11 nitrogen and oxygen atoms in total. The predicted octanol–water partition coefficient (Wildman–Crippen LogP) is -0.0438. The summed E-state index contributed by atoms with van der Waals surface area (Å²) in [5, 5.41) is 9.91. The van der Waals surface area contributed by atoms with Gasteiger partial charge in [-0.2, -0.15) is 0 Å². The van der Waals surface area contributed by atoms with E-state index in [2.05, 4.69) is 32.6 Å². The molecule has 0 saturated carbocycles. The van der Waals surface area contributed by atoms with E-state index in [-0.39, 0.29) is 22.4 Å². The van der Waals surface area contributed by atoms with Crippen LogP contribution < -0.4 is 5.73 Å². The summed E-state index contributed by atoms with van der Waals surface area (Å²) in [4.78, 5) is 37.0. The van der Waals surface area contributed by atoms with Crippen LogP contribution in [0.5, 0.6) is 0 Å². The van der Waals surface area contributed by atoms with Crippen molar-refractivity contribution in [2.24, 2.45) is 10.3 Å². The first-order valence-electron chi connectivity index (χ1n) is 6.30. The third-order valence-corrected chi connectivity index (χ3v) is 3.38. The van der Waals surface area contributed by atoms with Gasteiger partial charge in [-0.25, -0.2) is 14.6 Å². The van der Waals surface area contributed by atoms with Crippen molar-refractivity contribution >= 4 is 52.6 Å². The Morgan fingerprint density at radius 3 is 2.88 bits per heavy atom. The van der Waals surface area contributed by atoms with Crippen LogP contribution in [-0.4, -0.2) is 53.0 Å². The summed E-state index contributed by atoms with van der Waals surface area (Å²) in [6, 6.07) is 0. The van der Waals surface area contributed by atoms with Crippen molar-refractivity contribution in [3.05, 3.63) is 11.1 Å². The number of aromatic nitrogens is 1. The van der Waals surface area contributed by atoms with Crippen LogP contribution in [0.4, 0.5) is 5.13 Å². The molecule has 0 radical (unpaired) electrons. The van der Waals surface area contributed by atoms with Crippen LogP contribution in [0.3, 0.4) is 0 Å². The second-order valence-electron chi connectivity index (χ2n) is 4.10. The van der Waals surface area contributed by atoms with E-state index >= 15 is 0 Å². The third kappa shape index (κ3) is 4.48. The number of nitrogen functional groups attached to an aromatic ring is 1. The molecule has 0 bridgehead atoms. The van der Waals surface area contributed by atoms with E-state index in [1.807, 2.05) is 0 Å². The Hall–Kier alpha value is -2.54. The minimum absolute atomic E-state index is 0.115. The Balaban J connectivity index is 2.14. The lowest BCUT2D eigenvalue weighted by molar-refractivity contribution is -0.194. The monoisotopic (exact) mass is 375 g/mol. The van der Waals surface area contributed by atoms with Gasteiger partial charge in [0.25, 0.3) is 5.56 Å². The molecule has 0 amide bonds. The zero-order chi connectivity index (χ0) is 17.7. The molecule has 24 heavy (non-hydrogen) atoms.